The lowest BCUT2D eigenvalue weighted by Gasteiger charge is -2.23. The third kappa shape index (κ3) is 7.47. The third-order valence-electron chi connectivity index (χ3n) is 3.13. The fraction of sp³-hybridized carbons (Fsp3) is 0.500. The second kappa shape index (κ2) is 11.2. The van der Waals surface area contributed by atoms with Crippen LogP contribution in [0.15, 0.2) is 18.2 Å². The standard InChI is InChI=1S/C16H20ClN3O2S2/c1-3-22-16(23)24-13(6-5-10-18)9-11-20(12(2)21)15-8-4-7-14(17)19-15/h4,7-8,13H,3,5-6,9,11H2,1-2H3. The average molecular weight is 386 g/mol. The number of aromatic nitrogens is 1. The molecule has 1 aromatic heterocycles. The van der Waals surface area contributed by atoms with Crippen LogP contribution in [0.25, 0.3) is 0 Å². The molecular weight excluding hydrogens is 366 g/mol. The van der Waals surface area contributed by atoms with Gasteiger partial charge in [-0.1, -0.05) is 29.4 Å². The Bertz CT molecular complexity index is 607. The number of anilines is 1. The number of pyridine rings is 1. The molecule has 0 radical (unpaired) electrons. The van der Waals surface area contributed by atoms with Gasteiger partial charge in [-0.2, -0.15) is 5.26 Å². The van der Waals surface area contributed by atoms with Gasteiger partial charge in [0.25, 0.3) is 0 Å². The largest absolute Gasteiger partial charge is 0.479 e. The minimum Gasteiger partial charge on any atom is -0.479 e. The van der Waals surface area contributed by atoms with Crippen LogP contribution in [-0.4, -0.2) is 33.7 Å². The minimum atomic E-state index is -0.110. The van der Waals surface area contributed by atoms with E-state index in [1.165, 1.54) is 18.7 Å². The number of carbonyl (C=O) groups excluding carboxylic acids is 1. The van der Waals surface area contributed by atoms with Crippen molar-refractivity contribution in [1.82, 2.24) is 4.98 Å². The van der Waals surface area contributed by atoms with Crippen LogP contribution in [0, 0.1) is 11.3 Å². The van der Waals surface area contributed by atoms with Crippen molar-refractivity contribution in [3.05, 3.63) is 23.4 Å². The fourth-order valence-electron chi connectivity index (χ4n) is 2.03. The number of carbonyl (C=O) groups is 1. The van der Waals surface area contributed by atoms with Gasteiger partial charge in [-0.15, -0.1) is 0 Å². The highest BCUT2D eigenvalue weighted by atomic mass is 35.5. The first-order chi connectivity index (χ1) is 11.5. The summed E-state index contributed by atoms with van der Waals surface area (Å²) in [5, 5.41) is 9.26. The van der Waals surface area contributed by atoms with Gasteiger partial charge in [0.05, 0.1) is 12.7 Å². The molecule has 130 valence electrons. The number of hydrogen-bond donors (Lipinski definition) is 0. The molecule has 1 rings (SSSR count). The van der Waals surface area contributed by atoms with Crippen LogP contribution in [0.4, 0.5) is 5.82 Å². The van der Waals surface area contributed by atoms with Crippen molar-refractivity contribution in [2.45, 2.75) is 38.4 Å². The van der Waals surface area contributed by atoms with Crippen molar-refractivity contribution in [3.63, 3.8) is 0 Å². The van der Waals surface area contributed by atoms with Crippen LogP contribution in [0.3, 0.4) is 0 Å². The molecule has 5 nitrogen and oxygen atoms in total. The Morgan fingerprint density at radius 2 is 2.29 bits per heavy atom. The lowest BCUT2D eigenvalue weighted by Crippen LogP contribution is -2.32. The molecule has 1 aromatic rings. The number of amides is 1. The number of halogens is 1. The van der Waals surface area contributed by atoms with E-state index in [-0.39, 0.29) is 11.2 Å². The Hall–Kier alpha value is -1.36. The maximum atomic E-state index is 11.9. The number of hydrogen-bond acceptors (Lipinski definition) is 6. The molecular formula is C16H20ClN3O2S2. The van der Waals surface area contributed by atoms with Crippen LogP contribution >= 0.6 is 35.6 Å². The highest BCUT2D eigenvalue weighted by Gasteiger charge is 2.18. The van der Waals surface area contributed by atoms with Crippen LogP contribution in [-0.2, 0) is 9.53 Å². The summed E-state index contributed by atoms with van der Waals surface area (Å²) in [4.78, 5) is 17.7. The highest BCUT2D eigenvalue weighted by Crippen LogP contribution is 2.24. The van der Waals surface area contributed by atoms with Gasteiger partial charge in [0, 0.05) is 25.1 Å². The second-order valence-electron chi connectivity index (χ2n) is 4.90. The molecule has 0 aliphatic heterocycles. The van der Waals surface area contributed by atoms with E-state index >= 15 is 0 Å². The lowest BCUT2D eigenvalue weighted by molar-refractivity contribution is -0.116. The van der Waals surface area contributed by atoms with Gasteiger partial charge < -0.3 is 4.74 Å². The Kier molecular flexibility index (Phi) is 9.69. The fourth-order valence-corrected chi connectivity index (χ4v) is 3.63. The molecule has 0 aromatic carbocycles. The van der Waals surface area contributed by atoms with Gasteiger partial charge in [-0.3, -0.25) is 9.69 Å². The van der Waals surface area contributed by atoms with Gasteiger partial charge in [0.1, 0.15) is 11.0 Å². The first-order valence-electron chi connectivity index (χ1n) is 7.59. The number of thiocarbonyl (C=S) groups is 1. The molecule has 0 N–H and O–H groups in total. The summed E-state index contributed by atoms with van der Waals surface area (Å²) in [6.07, 6.45) is 1.79. The predicted octanol–water partition coefficient (Wildman–Crippen LogP) is 4.20. The predicted molar refractivity (Wildman–Crippen MR) is 102 cm³/mol. The van der Waals surface area contributed by atoms with Gasteiger partial charge in [-0.05, 0) is 44.1 Å². The molecule has 0 fully saturated rings. The summed E-state index contributed by atoms with van der Waals surface area (Å²) < 4.78 is 5.78. The zero-order valence-electron chi connectivity index (χ0n) is 13.7. The number of ether oxygens (including phenoxy) is 1. The van der Waals surface area contributed by atoms with Crippen LogP contribution < -0.4 is 4.90 Å². The van der Waals surface area contributed by atoms with Gasteiger partial charge in [-0.25, -0.2) is 4.98 Å². The zero-order valence-corrected chi connectivity index (χ0v) is 16.1. The number of rotatable bonds is 8. The lowest BCUT2D eigenvalue weighted by atomic mass is 10.2. The Balaban J connectivity index is 2.74. The first-order valence-corrected chi connectivity index (χ1v) is 9.25. The summed E-state index contributed by atoms with van der Waals surface area (Å²) in [7, 11) is 0. The van der Waals surface area contributed by atoms with E-state index in [1.54, 1.807) is 23.1 Å². The van der Waals surface area contributed by atoms with Gasteiger partial charge >= 0.3 is 0 Å². The summed E-state index contributed by atoms with van der Waals surface area (Å²) in [6, 6.07) is 7.31. The van der Waals surface area contributed by atoms with Crippen molar-refractivity contribution >= 4 is 51.7 Å². The molecule has 0 bridgehead atoms. The minimum absolute atomic E-state index is 0.102. The van der Waals surface area contributed by atoms with E-state index in [9.17, 15) is 4.79 Å². The van der Waals surface area contributed by atoms with Crippen molar-refractivity contribution in [3.8, 4) is 6.07 Å². The maximum Gasteiger partial charge on any atom is 0.225 e. The quantitative estimate of drug-likeness (QED) is 0.493. The van der Waals surface area contributed by atoms with Gasteiger partial charge in [0.15, 0.2) is 0 Å². The van der Waals surface area contributed by atoms with Gasteiger partial charge in [0.2, 0.25) is 10.3 Å². The van der Waals surface area contributed by atoms with E-state index < -0.39 is 0 Å². The molecule has 0 saturated carbocycles. The molecule has 1 atom stereocenters. The van der Waals surface area contributed by atoms with E-state index in [1.807, 2.05) is 6.92 Å². The second-order valence-corrected chi connectivity index (χ2v) is 7.19. The summed E-state index contributed by atoms with van der Waals surface area (Å²) in [5.41, 5.74) is 0. The molecule has 24 heavy (non-hydrogen) atoms. The summed E-state index contributed by atoms with van der Waals surface area (Å²) >= 11 is 12.5. The highest BCUT2D eigenvalue weighted by molar-refractivity contribution is 8.23. The Labute approximate surface area is 157 Å². The Morgan fingerprint density at radius 3 is 2.88 bits per heavy atom. The van der Waals surface area contributed by atoms with E-state index in [0.29, 0.717) is 47.8 Å². The van der Waals surface area contributed by atoms with Crippen molar-refractivity contribution in [1.29, 1.82) is 5.26 Å². The van der Waals surface area contributed by atoms with Crippen LogP contribution in [0.1, 0.15) is 33.1 Å². The molecule has 0 spiro atoms. The smallest absolute Gasteiger partial charge is 0.225 e. The normalized spacial score (nSPS) is 11.4. The van der Waals surface area contributed by atoms with Crippen LogP contribution in [0.2, 0.25) is 5.15 Å². The third-order valence-corrected chi connectivity index (χ3v) is 4.87. The molecule has 0 saturated heterocycles. The summed E-state index contributed by atoms with van der Waals surface area (Å²) in [5.74, 6) is 0.410. The Morgan fingerprint density at radius 1 is 1.54 bits per heavy atom. The van der Waals surface area contributed by atoms with E-state index in [0.717, 1.165) is 0 Å². The number of thioether (sulfide) groups is 1. The van der Waals surface area contributed by atoms with E-state index in [2.05, 4.69) is 11.1 Å². The van der Waals surface area contributed by atoms with Crippen LogP contribution in [0.5, 0.6) is 0 Å². The molecule has 0 aliphatic rings. The van der Waals surface area contributed by atoms with Crippen molar-refractivity contribution in [2.75, 3.05) is 18.1 Å². The summed E-state index contributed by atoms with van der Waals surface area (Å²) in [6.45, 7) is 4.35. The number of nitriles is 1. The number of nitrogens with zero attached hydrogens (tertiary/aromatic N) is 3. The average Bonchev–Trinajstić information content (AvgIpc) is 2.52. The van der Waals surface area contributed by atoms with E-state index in [4.69, 9.17) is 33.8 Å². The van der Waals surface area contributed by atoms with Crippen molar-refractivity contribution in [2.24, 2.45) is 0 Å². The van der Waals surface area contributed by atoms with Crippen molar-refractivity contribution < 1.29 is 9.53 Å². The molecule has 1 amide bonds. The molecule has 0 aliphatic carbocycles. The SMILES string of the molecule is CCOC(=S)SC(CCC#N)CCN(C(C)=O)c1cccc(Cl)n1. The first kappa shape index (κ1) is 20.7. The molecule has 8 heteroatoms. The monoisotopic (exact) mass is 385 g/mol. The maximum absolute atomic E-state index is 11.9. The molecule has 1 unspecified atom stereocenters. The zero-order chi connectivity index (χ0) is 17.9. The molecule has 1 heterocycles. The topological polar surface area (TPSA) is 66.2 Å².